The molecule has 0 radical (unpaired) electrons. The van der Waals surface area contributed by atoms with Crippen molar-refractivity contribution in [2.75, 3.05) is 12.8 Å². The first kappa shape index (κ1) is 12.2. The van der Waals surface area contributed by atoms with Crippen LogP contribution in [0, 0.1) is 3.57 Å². The van der Waals surface area contributed by atoms with E-state index in [1.165, 1.54) is 7.11 Å². The lowest BCUT2D eigenvalue weighted by Crippen LogP contribution is -1.95. The summed E-state index contributed by atoms with van der Waals surface area (Å²) in [6.07, 6.45) is 5.20. The summed E-state index contributed by atoms with van der Waals surface area (Å²) >= 11 is 2.19. The van der Waals surface area contributed by atoms with Crippen LogP contribution in [-0.4, -0.2) is 17.1 Å². The number of nitrogens with two attached hydrogens (primary N) is 1. The number of aromatic nitrogens is 2. The molecular formula is C13H10IN3O2. The first-order chi connectivity index (χ1) is 9.19. The largest absolute Gasteiger partial charge is 0.480 e. The van der Waals surface area contributed by atoms with E-state index in [0.717, 1.165) is 20.1 Å². The Labute approximate surface area is 122 Å². The van der Waals surface area contributed by atoms with Crippen molar-refractivity contribution in [3.63, 3.8) is 0 Å². The summed E-state index contributed by atoms with van der Waals surface area (Å²) in [7, 11) is 1.54. The van der Waals surface area contributed by atoms with Crippen molar-refractivity contribution in [1.82, 2.24) is 9.97 Å². The first-order valence-corrected chi connectivity index (χ1v) is 6.60. The summed E-state index contributed by atoms with van der Waals surface area (Å²) in [5.74, 6) is 1.12. The van der Waals surface area contributed by atoms with Crippen LogP contribution in [0.15, 0.2) is 35.1 Å². The van der Waals surface area contributed by atoms with E-state index < -0.39 is 0 Å². The molecule has 0 saturated heterocycles. The van der Waals surface area contributed by atoms with Crippen LogP contribution in [0.3, 0.4) is 0 Å². The molecule has 3 aromatic heterocycles. The van der Waals surface area contributed by atoms with Gasteiger partial charge in [0, 0.05) is 29.5 Å². The van der Waals surface area contributed by atoms with Gasteiger partial charge >= 0.3 is 0 Å². The Morgan fingerprint density at radius 2 is 2.11 bits per heavy atom. The van der Waals surface area contributed by atoms with Gasteiger partial charge in [0.2, 0.25) is 5.88 Å². The van der Waals surface area contributed by atoms with Crippen molar-refractivity contribution in [3.8, 4) is 17.2 Å². The smallest absolute Gasteiger partial charge is 0.236 e. The van der Waals surface area contributed by atoms with Crippen molar-refractivity contribution < 1.29 is 9.15 Å². The number of ether oxygens (including phenoxy) is 1. The zero-order chi connectivity index (χ0) is 13.4. The van der Waals surface area contributed by atoms with E-state index in [9.17, 15) is 0 Å². The van der Waals surface area contributed by atoms with Crippen LogP contribution in [0.25, 0.3) is 22.3 Å². The number of fused-ring (bicyclic) bond motifs is 1. The zero-order valence-corrected chi connectivity index (χ0v) is 12.2. The Bertz CT molecular complexity index is 755. The standard InChI is InChI=1S/C13H10IN3O2/c1-18-13-10(15)2-7(5-17-13)11-3-8-4-16-6-9(14)12(8)19-11/h2-6H,15H2,1H3. The van der Waals surface area contributed by atoms with E-state index in [0.29, 0.717) is 17.3 Å². The van der Waals surface area contributed by atoms with Gasteiger partial charge in [-0.25, -0.2) is 4.98 Å². The second-order valence-corrected chi connectivity index (χ2v) is 5.14. The number of methoxy groups -OCH3 is 1. The molecule has 0 aromatic carbocycles. The van der Waals surface area contributed by atoms with Crippen LogP contribution in [0.1, 0.15) is 0 Å². The monoisotopic (exact) mass is 367 g/mol. The molecule has 0 saturated carbocycles. The van der Waals surface area contributed by atoms with Crippen molar-refractivity contribution in [3.05, 3.63) is 34.3 Å². The molecule has 6 heteroatoms. The fourth-order valence-electron chi connectivity index (χ4n) is 1.85. The van der Waals surface area contributed by atoms with Gasteiger partial charge in [0.15, 0.2) is 5.58 Å². The molecule has 3 aromatic rings. The van der Waals surface area contributed by atoms with Crippen LogP contribution < -0.4 is 10.5 Å². The van der Waals surface area contributed by atoms with Crippen molar-refractivity contribution in [2.24, 2.45) is 0 Å². The molecular weight excluding hydrogens is 357 g/mol. The third kappa shape index (κ3) is 2.12. The van der Waals surface area contributed by atoms with Crippen LogP contribution in [0.5, 0.6) is 5.88 Å². The van der Waals surface area contributed by atoms with Gasteiger partial charge in [-0.05, 0) is 34.7 Å². The number of rotatable bonds is 2. The summed E-state index contributed by atoms with van der Waals surface area (Å²) in [5.41, 5.74) is 7.96. The molecule has 0 aliphatic rings. The summed E-state index contributed by atoms with van der Waals surface area (Å²) in [6.45, 7) is 0. The van der Waals surface area contributed by atoms with Crippen molar-refractivity contribution in [1.29, 1.82) is 0 Å². The van der Waals surface area contributed by atoms with Gasteiger partial charge in [-0.3, -0.25) is 4.98 Å². The maximum Gasteiger partial charge on any atom is 0.236 e. The number of hydrogen-bond acceptors (Lipinski definition) is 5. The molecule has 5 nitrogen and oxygen atoms in total. The lowest BCUT2D eigenvalue weighted by Gasteiger charge is -2.03. The Balaban J connectivity index is 2.14. The van der Waals surface area contributed by atoms with Crippen molar-refractivity contribution in [2.45, 2.75) is 0 Å². The Morgan fingerprint density at radius 1 is 1.26 bits per heavy atom. The molecule has 0 spiro atoms. The predicted molar refractivity (Wildman–Crippen MR) is 80.9 cm³/mol. The molecule has 0 atom stereocenters. The van der Waals surface area contributed by atoms with Gasteiger partial charge < -0.3 is 14.9 Å². The average Bonchev–Trinajstić information content (AvgIpc) is 2.84. The highest BCUT2D eigenvalue weighted by atomic mass is 127. The maximum atomic E-state index is 5.85. The number of hydrogen-bond donors (Lipinski definition) is 1. The van der Waals surface area contributed by atoms with Crippen LogP contribution in [0.2, 0.25) is 0 Å². The normalized spacial score (nSPS) is 10.8. The number of nitrogens with zero attached hydrogens (tertiary/aromatic N) is 2. The van der Waals surface area contributed by atoms with E-state index in [2.05, 4.69) is 32.6 Å². The lowest BCUT2D eigenvalue weighted by molar-refractivity contribution is 0.400. The quantitative estimate of drug-likeness (QED) is 0.705. The van der Waals surface area contributed by atoms with Crippen molar-refractivity contribution >= 4 is 39.2 Å². The highest BCUT2D eigenvalue weighted by Crippen LogP contribution is 2.31. The van der Waals surface area contributed by atoms with E-state index in [-0.39, 0.29) is 0 Å². The fraction of sp³-hybridized carbons (Fsp3) is 0.0769. The first-order valence-electron chi connectivity index (χ1n) is 5.52. The third-order valence-electron chi connectivity index (χ3n) is 2.74. The molecule has 0 fully saturated rings. The highest BCUT2D eigenvalue weighted by molar-refractivity contribution is 14.1. The maximum absolute atomic E-state index is 5.85. The number of pyridine rings is 2. The Hall–Kier alpha value is -1.83. The number of furan rings is 1. The average molecular weight is 367 g/mol. The molecule has 0 aliphatic heterocycles. The van der Waals surface area contributed by atoms with Gasteiger partial charge in [-0.2, -0.15) is 0 Å². The predicted octanol–water partition coefficient (Wildman–Crippen LogP) is 3.09. The second-order valence-electron chi connectivity index (χ2n) is 3.97. The molecule has 0 aliphatic carbocycles. The second kappa shape index (κ2) is 4.69. The van der Waals surface area contributed by atoms with E-state index in [1.807, 2.05) is 6.07 Å². The topological polar surface area (TPSA) is 74.2 Å². The number of halogens is 1. The molecule has 3 heterocycles. The van der Waals surface area contributed by atoms with Crippen LogP contribution >= 0.6 is 22.6 Å². The molecule has 0 bridgehead atoms. The highest BCUT2D eigenvalue weighted by Gasteiger charge is 2.11. The molecule has 2 N–H and O–H groups in total. The van der Waals surface area contributed by atoms with E-state index in [4.69, 9.17) is 14.9 Å². The molecule has 3 rings (SSSR count). The minimum Gasteiger partial charge on any atom is -0.480 e. The zero-order valence-electron chi connectivity index (χ0n) is 10.1. The number of anilines is 1. The minimum absolute atomic E-state index is 0.413. The van der Waals surface area contributed by atoms with Crippen LogP contribution in [0.4, 0.5) is 5.69 Å². The van der Waals surface area contributed by atoms with Gasteiger partial charge in [-0.1, -0.05) is 0 Å². The van der Waals surface area contributed by atoms with Gasteiger partial charge in [-0.15, -0.1) is 0 Å². The van der Waals surface area contributed by atoms with E-state index in [1.54, 1.807) is 24.7 Å². The SMILES string of the molecule is COc1ncc(-c2cc3cncc(I)c3o2)cc1N. The Morgan fingerprint density at radius 3 is 2.79 bits per heavy atom. The molecule has 19 heavy (non-hydrogen) atoms. The molecule has 0 unspecified atom stereocenters. The summed E-state index contributed by atoms with van der Waals surface area (Å²) in [6, 6.07) is 3.71. The number of nitrogen functional groups attached to an aromatic ring is 1. The minimum atomic E-state index is 0.413. The lowest BCUT2D eigenvalue weighted by atomic mass is 10.2. The fourth-order valence-corrected chi connectivity index (χ4v) is 2.43. The summed E-state index contributed by atoms with van der Waals surface area (Å²) in [4.78, 5) is 8.28. The van der Waals surface area contributed by atoms with Gasteiger partial charge in [0.1, 0.15) is 5.76 Å². The van der Waals surface area contributed by atoms with Gasteiger partial charge in [0.25, 0.3) is 0 Å². The van der Waals surface area contributed by atoms with Crippen LogP contribution in [-0.2, 0) is 0 Å². The summed E-state index contributed by atoms with van der Waals surface area (Å²) < 4.78 is 11.8. The molecule has 0 amide bonds. The van der Waals surface area contributed by atoms with E-state index >= 15 is 0 Å². The van der Waals surface area contributed by atoms with Gasteiger partial charge in [0.05, 0.1) is 16.4 Å². The Kier molecular flexibility index (Phi) is 3.02. The third-order valence-corrected chi connectivity index (χ3v) is 3.50. The summed E-state index contributed by atoms with van der Waals surface area (Å²) in [5, 5.41) is 0.955. The molecule has 96 valence electrons.